The molecule has 1 saturated heterocycles. The molecule has 1 aliphatic rings. The minimum atomic E-state index is -0.466. The van der Waals surface area contributed by atoms with E-state index in [1.807, 2.05) is 4.90 Å². The molecule has 2 aromatic rings. The number of aliphatic imine (C=N–C) groups is 1. The lowest BCUT2D eigenvalue weighted by molar-refractivity contribution is -0.385. The summed E-state index contributed by atoms with van der Waals surface area (Å²) in [4.78, 5) is 27.4. The average Bonchev–Trinajstić information content (AvgIpc) is 2.67. The fourth-order valence-electron chi connectivity index (χ4n) is 2.60. The number of benzene rings is 2. The Morgan fingerprint density at radius 2 is 1.38 bits per heavy atom. The van der Waals surface area contributed by atoms with Crippen molar-refractivity contribution in [2.24, 2.45) is 4.99 Å². The summed E-state index contributed by atoms with van der Waals surface area (Å²) in [5.74, 6) is 0.650. The third-order valence-electron chi connectivity index (χ3n) is 3.94. The van der Waals surface area contributed by atoms with Crippen molar-refractivity contribution in [2.75, 3.05) is 26.3 Å². The molecule has 0 aromatic heterocycles. The molecule has 0 atom stereocenters. The van der Waals surface area contributed by atoms with Crippen molar-refractivity contribution in [2.45, 2.75) is 0 Å². The van der Waals surface area contributed by atoms with E-state index in [0.29, 0.717) is 37.8 Å². The van der Waals surface area contributed by atoms with E-state index in [1.165, 1.54) is 24.3 Å². The first kappa shape index (κ1) is 17.5. The predicted octanol–water partition coefficient (Wildman–Crippen LogP) is 2.91. The number of hydrogen-bond donors (Lipinski definition) is 0. The second-order valence-corrected chi connectivity index (χ2v) is 5.61. The van der Waals surface area contributed by atoms with Crippen molar-refractivity contribution in [1.82, 2.24) is 4.90 Å². The van der Waals surface area contributed by atoms with E-state index in [2.05, 4.69) is 4.99 Å². The van der Waals surface area contributed by atoms with Gasteiger partial charge in [-0.05, 0) is 24.3 Å². The number of ether oxygens (including phenoxy) is 1. The lowest BCUT2D eigenvalue weighted by atomic mass is 10.1. The minimum Gasteiger partial charge on any atom is -0.378 e. The molecule has 0 bridgehead atoms. The van der Waals surface area contributed by atoms with Crippen molar-refractivity contribution in [1.29, 1.82) is 0 Å². The molecule has 3 rings (SSSR count). The highest BCUT2D eigenvalue weighted by Gasteiger charge is 2.18. The Labute approximate surface area is 148 Å². The van der Waals surface area contributed by atoms with E-state index in [9.17, 15) is 20.2 Å². The highest BCUT2D eigenvalue weighted by Crippen LogP contribution is 2.21. The molecule has 26 heavy (non-hydrogen) atoms. The van der Waals surface area contributed by atoms with Crippen LogP contribution < -0.4 is 0 Å². The number of nitro groups is 2. The zero-order valence-corrected chi connectivity index (χ0v) is 13.8. The third kappa shape index (κ3) is 4.01. The average molecular weight is 356 g/mol. The van der Waals surface area contributed by atoms with Gasteiger partial charge in [-0.2, -0.15) is 0 Å². The number of morpholine rings is 1. The Morgan fingerprint density at radius 1 is 0.885 bits per heavy atom. The van der Waals surface area contributed by atoms with Crippen LogP contribution in [0.4, 0.5) is 17.1 Å². The third-order valence-corrected chi connectivity index (χ3v) is 3.94. The molecule has 1 heterocycles. The molecular weight excluding hydrogens is 340 g/mol. The summed E-state index contributed by atoms with van der Waals surface area (Å²) in [6, 6.07) is 12.1. The number of nitrogens with zero attached hydrogens (tertiary/aromatic N) is 4. The molecule has 9 heteroatoms. The molecule has 1 fully saturated rings. The molecule has 9 nitrogen and oxygen atoms in total. The Morgan fingerprint density at radius 3 is 1.88 bits per heavy atom. The van der Waals surface area contributed by atoms with Crippen LogP contribution in [0.2, 0.25) is 0 Å². The topological polar surface area (TPSA) is 111 Å². The monoisotopic (exact) mass is 356 g/mol. The number of nitro benzene ring substituents is 2. The minimum absolute atomic E-state index is 0.00501. The predicted molar refractivity (Wildman–Crippen MR) is 94.8 cm³/mol. The summed E-state index contributed by atoms with van der Waals surface area (Å²) in [6.45, 7) is 2.41. The van der Waals surface area contributed by atoms with Crippen LogP contribution in [0, 0.1) is 20.2 Å². The van der Waals surface area contributed by atoms with E-state index < -0.39 is 9.85 Å². The fraction of sp³-hybridized carbons (Fsp3) is 0.235. The van der Waals surface area contributed by atoms with Gasteiger partial charge in [-0.1, -0.05) is 0 Å². The quantitative estimate of drug-likeness (QED) is 0.360. The zero-order chi connectivity index (χ0) is 18.5. The van der Waals surface area contributed by atoms with Gasteiger partial charge in [-0.25, -0.2) is 4.99 Å². The van der Waals surface area contributed by atoms with Gasteiger partial charge in [-0.15, -0.1) is 0 Å². The van der Waals surface area contributed by atoms with Gasteiger partial charge in [0, 0.05) is 42.9 Å². The van der Waals surface area contributed by atoms with Crippen molar-refractivity contribution >= 4 is 22.9 Å². The van der Waals surface area contributed by atoms with E-state index in [1.54, 1.807) is 24.3 Å². The van der Waals surface area contributed by atoms with Crippen LogP contribution in [0.3, 0.4) is 0 Å². The first-order valence-electron chi connectivity index (χ1n) is 7.95. The summed E-state index contributed by atoms with van der Waals surface area (Å²) in [7, 11) is 0. The van der Waals surface area contributed by atoms with Crippen molar-refractivity contribution in [3.8, 4) is 0 Å². The largest absolute Gasteiger partial charge is 0.378 e. The van der Waals surface area contributed by atoms with Gasteiger partial charge >= 0.3 is 0 Å². The molecule has 0 amide bonds. The molecule has 0 unspecified atom stereocenters. The molecule has 0 N–H and O–H groups in total. The summed E-state index contributed by atoms with van der Waals surface area (Å²) < 4.78 is 5.37. The molecular formula is C17H16N4O5. The second-order valence-electron chi connectivity index (χ2n) is 5.61. The van der Waals surface area contributed by atoms with Gasteiger partial charge in [-0.3, -0.25) is 20.2 Å². The van der Waals surface area contributed by atoms with Crippen LogP contribution in [0.15, 0.2) is 53.5 Å². The van der Waals surface area contributed by atoms with Gasteiger partial charge in [0.2, 0.25) is 0 Å². The Hall–Kier alpha value is -3.33. The zero-order valence-electron chi connectivity index (χ0n) is 13.8. The number of hydrogen-bond acceptors (Lipinski definition) is 6. The van der Waals surface area contributed by atoms with Crippen molar-refractivity contribution in [3.63, 3.8) is 0 Å². The van der Waals surface area contributed by atoms with Crippen LogP contribution in [0.1, 0.15) is 5.56 Å². The van der Waals surface area contributed by atoms with Gasteiger partial charge in [0.15, 0.2) is 0 Å². The molecule has 0 spiro atoms. The summed E-state index contributed by atoms with van der Waals surface area (Å²) in [5, 5.41) is 21.6. The number of non-ortho nitro benzene ring substituents is 2. The maximum Gasteiger partial charge on any atom is 0.269 e. The van der Waals surface area contributed by atoms with Crippen LogP contribution >= 0.6 is 0 Å². The van der Waals surface area contributed by atoms with E-state index >= 15 is 0 Å². The summed E-state index contributed by atoms with van der Waals surface area (Å²) in [5.41, 5.74) is 1.30. The van der Waals surface area contributed by atoms with Gasteiger partial charge in [0.05, 0.1) is 28.7 Å². The smallest absolute Gasteiger partial charge is 0.269 e. The number of rotatable bonds is 4. The fourth-order valence-corrected chi connectivity index (χ4v) is 2.60. The highest BCUT2D eigenvalue weighted by molar-refractivity contribution is 6.00. The Bertz CT molecular complexity index is 827. The van der Waals surface area contributed by atoms with Gasteiger partial charge in [0.25, 0.3) is 11.4 Å². The van der Waals surface area contributed by atoms with E-state index in [-0.39, 0.29) is 11.4 Å². The maximum absolute atomic E-state index is 10.9. The first-order valence-corrected chi connectivity index (χ1v) is 7.95. The summed E-state index contributed by atoms with van der Waals surface area (Å²) in [6.07, 6.45) is 0. The second kappa shape index (κ2) is 7.70. The molecule has 0 radical (unpaired) electrons. The summed E-state index contributed by atoms with van der Waals surface area (Å²) >= 11 is 0. The highest BCUT2D eigenvalue weighted by atomic mass is 16.6. The standard InChI is InChI=1S/C17H16N4O5/c22-20(23)15-5-1-13(2-6-15)17(19-9-11-26-12-10-19)18-14-3-7-16(8-4-14)21(24)25/h1-8H,9-12H2. The molecule has 0 aliphatic carbocycles. The number of amidine groups is 1. The van der Waals surface area contributed by atoms with Crippen LogP contribution in [0.25, 0.3) is 0 Å². The molecule has 134 valence electrons. The van der Waals surface area contributed by atoms with Gasteiger partial charge < -0.3 is 9.64 Å². The Balaban J connectivity index is 1.96. The normalized spacial score (nSPS) is 14.9. The van der Waals surface area contributed by atoms with Gasteiger partial charge in [0.1, 0.15) is 5.84 Å². The lowest BCUT2D eigenvalue weighted by Crippen LogP contribution is -2.41. The van der Waals surface area contributed by atoms with Crippen LogP contribution in [-0.4, -0.2) is 46.9 Å². The molecule has 1 aliphatic heterocycles. The maximum atomic E-state index is 10.9. The SMILES string of the molecule is O=[N+]([O-])c1ccc(N=C(c2ccc([N+](=O)[O-])cc2)N2CCOCC2)cc1. The molecule has 2 aromatic carbocycles. The van der Waals surface area contributed by atoms with Crippen molar-refractivity contribution in [3.05, 3.63) is 74.3 Å². The molecule has 0 saturated carbocycles. The lowest BCUT2D eigenvalue weighted by Gasteiger charge is -2.30. The van der Waals surface area contributed by atoms with Crippen LogP contribution in [-0.2, 0) is 4.74 Å². The van der Waals surface area contributed by atoms with Crippen molar-refractivity contribution < 1.29 is 14.6 Å². The van der Waals surface area contributed by atoms with Crippen LogP contribution in [0.5, 0.6) is 0 Å². The first-order chi connectivity index (χ1) is 12.5. The van der Waals surface area contributed by atoms with E-state index in [0.717, 1.165) is 5.56 Å². The van der Waals surface area contributed by atoms with E-state index in [4.69, 9.17) is 4.74 Å². The Kier molecular flexibility index (Phi) is 5.18.